The van der Waals surface area contributed by atoms with Gasteiger partial charge in [-0.1, -0.05) is 72.8 Å². The molecule has 0 saturated heterocycles. The molecule has 1 spiro atoms. The van der Waals surface area contributed by atoms with Crippen LogP contribution < -0.4 is 4.74 Å². The number of benzene rings is 4. The number of aliphatic carboxylic acids is 2. The van der Waals surface area contributed by atoms with Crippen molar-refractivity contribution in [2.24, 2.45) is 0 Å². The summed E-state index contributed by atoms with van der Waals surface area (Å²) in [6.45, 7) is 0. The molecule has 4 aromatic rings. The Hall–Kier alpha value is -4.90. The first kappa shape index (κ1) is 21.6. The molecule has 0 aromatic heterocycles. The Bertz CT molecular complexity index is 1510. The number of carboxylic acids is 2. The van der Waals surface area contributed by atoms with Gasteiger partial charge in [-0.25, -0.2) is 9.59 Å². The van der Waals surface area contributed by atoms with E-state index in [1.165, 1.54) is 12.2 Å². The third-order valence-corrected chi connectivity index (χ3v) is 6.83. The summed E-state index contributed by atoms with van der Waals surface area (Å²) in [7, 11) is 0. The number of hydrogen-bond donors (Lipinski definition) is 2. The third kappa shape index (κ3) is 3.17. The highest BCUT2D eigenvalue weighted by molar-refractivity contribution is 5.90. The minimum Gasteiger partial charge on any atom is -0.478 e. The smallest absolute Gasteiger partial charge is 0.328 e. The van der Waals surface area contributed by atoms with Crippen molar-refractivity contribution in [2.45, 2.75) is 5.41 Å². The zero-order chi connectivity index (χ0) is 24.9. The molecule has 1 heterocycles. The Morgan fingerprint density at radius 1 is 0.611 bits per heavy atom. The Morgan fingerprint density at radius 2 is 1.06 bits per heavy atom. The summed E-state index contributed by atoms with van der Waals surface area (Å²) in [5.41, 5.74) is 7.28. The first-order chi connectivity index (χ1) is 17.5. The summed E-state index contributed by atoms with van der Waals surface area (Å²) in [5.74, 6) is -0.797. The van der Waals surface area contributed by atoms with Gasteiger partial charge >= 0.3 is 11.9 Å². The monoisotopic (exact) mass is 472 g/mol. The van der Waals surface area contributed by atoms with Crippen LogP contribution in [0.2, 0.25) is 0 Å². The van der Waals surface area contributed by atoms with Gasteiger partial charge in [0.15, 0.2) is 0 Å². The second-order valence-corrected chi connectivity index (χ2v) is 8.80. The minimum atomic E-state index is -1.02. The molecule has 1 aliphatic carbocycles. The lowest BCUT2D eigenvalue weighted by Crippen LogP contribution is -2.32. The van der Waals surface area contributed by atoms with Crippen LogP contribution in [0.25, 0.3) is 23.3 Å². The topological polar surface area (TPSA) is 83.8 Å². The largest absolute Gasteiger partial charge is 0.478 e. The highest BCUT2D eigenvalue weighted by atomic mass is 16.5. The van der Waals surface area contributed by atoms with E-state index in [9.17, 15) is 9.59 Å². The predicted molar refractivity (Wildman–Crippen MR) is 137 cm³/mol. The summed E-state index contributed by atoms with van der Waals surface area (Å²) < 4.78 is 6.43. The number of hydrogen-bond acceptors (Lipinski definition) is 3. The van der Waals surface area contributed by atoms with E-state index in [-0.39, 0.29) is 0 Å². The fourth-order valence-electron chi connectivity index (χ4n) is 5.49. The molecule has 2 N–H and O–H groups in total. The van der Waals surface area contributed by atoms with Crippen molar-refractivity contribution >= 4 is 24.1 Å². The molecule has 4 aromatic carbocycles. The summed E-state index contributed by atoms with van der Waals surface area (Å²) in [5, 5.41) is 18.2. The van der Waals surface area contributed by atoms with Crippen molar-refractivity contribution in [3.63, 3.8) is 0 Å². The van der Waals surface area contributed by atoms with E-state index >= 15 is 0 Å². The molecule has 5 heteroatoms. The highest BCUT2D eigenvalue weighted by Crippen LogP contribution is 2.62. The Kier molecular flexibility index (Phi) is 4.86. The van der Waals surface area contributed by atoms with Crippen LogP contribution in [-0.4, -0.2) is 22.2 Å². The quantitative estimate of drug-likeness (QED) is 0.292. The first-order valence-corrected chi connectivity index (χ1v) is 11.5. The van der Waals surface area contributed by atoms with Gasteiger partial charge in [-0.05, 0) is 57.7 Å². The Balaban J connectivity index is 1.67. The minimum absolute atomic E-state index is 0.626. The second-order valence-electron chi connectivity index (χ2n) is 8.80. The highest BCUT2D eigenvalue weighted by Gasteiger charge is 2.50. The van der Waals surface area contributed by atoms with E-state index < -0.39 is 17.4 Å². The fraction of sp³-hybridized carbons (Fsp3) is 0.0323. The van der Waals surface area contributed by atoms with E-state index in [0.717, 1.165) is 45.5 Å². The molecule has 6 rings (SSSR count). The normalized spacial score (nSPS) is 14.2. The van der Waals surface area contributed by atoms with Crippen molar-refractivity contribution in [1.82, 2.24) is 0 Å². The van der Waals surface area contributed by atoms with Crippen molar-refractivity contribution in [1.29, 1.82) is 0 Å². The molecule has 0 fully saturated rings. The lowest BCUT2D eigenvalue weighted by atomic mass is 9.66. The van der Waals surface area contributed by atoms with E-state index in [0.29, 0.717) is 22.6 Å². The van der Waals surface area contributed by atoms with Gasteiger partial charge in [0.1, 0.15) is 11.5 Å². The predicted octanol–water partition coefficient (Wildman–Crippen LogP) is 6.35. The summed E-state index contributed by atoms with van der Waals surface area (Å²) in [4.78, 5) is 22.2. The van der Waals surface area contributed by atoms with Gasteiger partial charge in [0.25, 0.3) is 0 Å². The molecule has 0 atom stereocenters. The maximum absolute atomic E-state index is 11.1. The molecular formula is C31H20O5. The van der Waals surface area contributed by atoms with Crippen molar-refractivity contribution in [3.8, 4) is 22.6 Å². The summed E-state index contributed by atoms with van der Waals surface area (Å²) in [6, 6.07) is 28.2. The number of fused-ring (bicyclic) bond motifs is 9. The summed E-state index contributed by atoms with van der Waals surface area (Å²) >= 11 is 0. The third-order valence-electron chi connectivity index (χ3n) is 6.83. The molecule has 36 heavy (non-hydrogen) atoms. The molecule has 0 bridgehead atoms. The van der Waals surface area contributed by atoms with Gasteiger partial charge in [-0.2, -0.15) is 0 Å². The molecule has 1 aliphatic heterocycles. The molecule has 174 valence electrons. The van der Waals surface area contributed by atoms with Crippen molar-refractivity contribution in [3.05, 3.63) is 130 Å². The van der Waals surface area contributed by atoms with Crippen molar-refractivity contribution in [2.75, 3.05) is 0 Å². The average Bonchev–Trinajstić information content (AvgIpc) is 3.17. The van der Waals surface area contributed by atoms with E-state index in [2.05, 4.69) is 24.3 Å². The van der Waals surface area contributed by atoms with Gasteiger partial charge < -0.3 is 14.9 Å². The first-order valence-electron chi connectivity index (χ1n) is 11.5. The number of carboxylic acid groups (broad SMARTS) is 2. The van der Waals surface area contributed by atoms with E-state index in [1.54, 1.807) is 0 Å². The Labute approximate surface area is 207 Å². The average molecular weight is 472 g/mol. The van der Waals surface area contributed by atoms with Crippen LogP contribution in [0.4, 0.5) is 0 Å². The molecule has 2 aliphatic rings. The standard InChI is InChI=1S/C31H20O5/c32-29(33)15-11-19-9-13-25-27(17-19)36-28-18-20(12-16-30(34)35)10-14-26(28)31(25)23-7-3-1-5-21(23)22-6-2-4-8-24(22)31/h1-18H,(H,32,33)(H,34,35). The fourth-order valence-corrected chi connectivity index (χ4v) is 5.49. The molecule has 5 nitrogen and oxygen atoms in total. The van der Waals surface area contributed by atoms with Gasteiger partial charge in [0.2, 0.25) is 0 Å². The SMILES string of the molecule is O=C(O)C=Cc1ccc2c(c1)Oc1cc(C=CC(=O)O)ccc1C21c2ccccc2-c2ccccc21. The van der Waals surface area contributed by atoms with Crippen LogP contribution in [0, 0.1) is 0 Å². The zero-order valence-electron chi connectivity index (χ0n) is 19.0. The van der Waals surface area contributed by atoms with Gasteiger partial charge in [0.05, 0.1) is 5.41 Å². The molecular weight excluding hydrogens is 452 g/mol. The lowest BCUT2D eigenvalue weighted by Gasteiger charge is -2.39. The van der Waals surface area contributed by atoms with Crippen LogP contribution in [0.1, 0.15) is 33.4 Å². The zero-order valence-corrected chi connectivity index (χ0v) is 19.0. The number of rotatable bonds is 4. The van der Waals surface area contributed by atoms with Crippen LogP contribution in [0.5, 0.6) is 11.5 Å². The number of ether oxygens (including phenoxy) is 1. The molecule has 0 amide bonds. The van der Waals surface area contributed by atoms with Gasteiger partial charge in [0, 0.05) is 23.3 Å². The maximum atomic E-state index is 11.1. The van der Waals surface area contributed by atoms with Crippen LogP contribution in [0.15, 0.2) is 97.1 Å². The molecule has 0 saturated carbocycles. The van der Waals surface area contributed by atoms with Gasteiger partial charge in [-0.15, -0.1) is 0 Å². The Morgan fingerprint density at radius 3 is 1.50 bits per heavy atom. The van der Waals surface area contributed by atoms with Crippen LogP contribution in [-0.2, 0) is 15.0 Å². The van der Waals surface area contributed by atoms with E-state index in [1.807, 2.05) is 60.7 Å². The molecule has 0 unspecified atom stereocenters. The van der Waals surface area contributed by atoms with E-state index in [4.69, 9.17) is 14.9 Å². The molecule has 0 radical (unpaired) electrons. The second kappa shape index (κ2) is 8.10. The van der Waals surface area contributed by atoms with Gasteiger partial charge in [-0.3, -0.25) is 0 Å². The lowest BCUT2D eigenvalue weighted by molar-refractivity contribution is -0.132. The maximum Gasteiger partial charge on any atom is 0.328 e. The van der Waals surface area contributed by atoms with Crippen molar-refractivity contribution < 1.29 is 24.5 Å². The van der Waals surface area contributed by atoms with Crippen LogP contribution in [0.3, 0.4) is 0 Å². The summed E-state index contributed by atoms with van der Waals surface area (Å²) in [6.07, 6.45) is 5.28. The van der Waals surface area contributed by atoms with Crippen LogP contribution >= 0.6 is 0 Å². The number of carbonyl (C=O) groups is 2.